The molecule has 2 aromatic heterocycles. The van der Waals surface area contributed by atoms with Crippen LogP contribution in [0.4, 0.5) is 17.1 Å². The van der Waals surface area contributed by atoms with E-state index in [0.717, 1.165) is 88.8 Å². The molecule has 65 heavy (non-hydrogen) atoms. The Morgan fingerprint density at radius 1 is 0.262 bits per heavy atom. The Kier molecular flexibility index (Phi) is 8.53. The molecule has 0 N–H and O–H groups in total. The molecule has 0 aliphatic carbocycles. The Morgan fingerprint density at radius 3 is 1.57 bits per heavy atom. The first kappa shape index (κ1) is 36.9. The average Bonchev–Trinajstić information content (AvgIpc) is 3.94. The van der Waals surface area contributed by atoms with Crippen LogP contribution in [0, 0.1) is 0 Å². The third-order valence-corrected chi connectivity index (χ3v) is 13.1. The number of furan rings is 2. The second kappa shape index (κ2) is 15.0. The van der Waals surface area contributed by atoms with Gasteiger partial charge < -0.3 is 13.7 Å². The van der Waals surface area contributed by atoms with Crippen molar-refractivity contribution in [3.8, 4) is 44.5 Å². The molecule has 304 valence electrons. The van der Waals surface area contributed by atoms with E-state index in [0.29, 0.717) is 0 Å². The van der Waals surface area contributed by atoms with Crippen LogP contribution in [-0.2, 0) is 0 Å². The Morgan fingerprint density at radius 2 is 0.769 bits per heavy atom. The number of benzene rings is 11. The van der Waals surface area contributed by atoms with Gasteiger partial charge in [0.2, 0.25) is 0 Å². The van der Waals surface area contributed by atoms with Gasteiger partial charge in [0.1, 0.15) is 22.3 Å². The number of rotatable bonds is 7. The molecule has 0 bridgehead atoms. The Labute approximate surface area is 375 Å². The molecule has 13 aromatic rings. The predicted molar refractivity (Wildman–Crippen MR) is 272 cm³/mol. The first-order chi connectivity index (χ1) is 32.2. The van der Waals surface area contributed by atoms with E-state index in [4.69, 9.17) is 8.83 Å². The van der Waals surface area contributed by atoms with Crippen LogP contribution >= 0.6 is 0 Å². The lowest BCUT2D eigenvalue weighted by Crippen LogP contribution is -2.11. The maximum atomic E-state index is 6.47. The van der Waals surface area contributed by atoms with Crippen LogP contribution < -0.4 is 4.90 Å². The molecule has 0 saturated carbocycles. The highest BCUT2D eigenvalue weighted by Crippen LogP contribution is 2.44. The molecule has 13 rings (SSSR count). The maximum absolute atomic E-state index is 6.47. The second-order valence-corrected chi connectivity index (χ2v) is 16.8. The monoisotopic (exact) mass is 829 g/mol. The summed E-state index contributed by atoms with van der Waals surface area (Å²) in [7, 11) is 0. The molecule has 2 heterocycles. The van der Waals surface area contributed by atoms with Crippen molar-refractivity contribution >= 4 is 82.5 Å². The largest absolute Gasteiger partial charge is 0.456 e. The summed E-state index contributed by atoms with van der Waals surface area (Å²) in [6, 6.07) is 84.8. The molecule has 0 aliphatic heterocycles. The van der Waals surface area contributed by atoms with Crippen molar-refractivity contribution in [2.45, 2.75) is 0 Å². The van der Waals surface area contributed by atoms with E-state index in [-0.39, 0.29) is 0 Å². The summed E-state index contributed by atoms with van der Waals surface area (Å²) in [6.45, 7) is 0. The van der Waals surface area contributed by atoms with Crippen LogP contribution in [0.1, 0.15) is 0 Å². The zero-order valence-electron chi connectivity index (χ0n) is 35.3. The van der Waals surface area contributed by atoms with Crippen molar-refractivity contribution in [3.05, 3.63) is 237 Å². The summed E-state index contributed by atoms with van der Waals surface area (Å²) in [6.07, 6.45) is 0. The standard InChI is InChI=1S/C62H39NO2/c1-2-13-46-39-61-57(37-45(46)12-1)56-38-47(31-36-60(56)64-61)52-16-5-7-21-58(52)63(49-34-29-44(30-35-49)53-19-10-20-55-54-17-6-8-22-59(54)65-62(53)55)48-32-27-41(28-33-48)40-23-25-43(26-24-40)51-18-9-14-42-11-3-4-15-50(42)51/h1-39H. The first-order valence-electron chi connectivity index (χ1n) is 22.1. The summed E-state index contributed by atoms with van der Waals surface area (Å²) >= 11 is 0. The van der Waals surface area contributed by atoms with Gasteiger partial charge in [0.05, 0.1) is 5.69 Å². The number of hydrogen-bond acceptors (Lipinski definition) is 3. The van der Waals surface area contributed by atoms with Crippen LogP contribution in [0.25, 0.3) is 110 Å². The van der Waals surface area contributed by atoms with E-state index in [9.17, 15) is 0 Å². The molecule has 0 aliphatic rings. The van der Waals surface area contributed by atoms with Gasteiger partial charge in [-0.15, -0.1) is 0 Å². The summed E-state index contributed by atoms with van der Waals surface area (Å²) in [4.78, 5) is 2.37. The van der Waals surface area contributed by atoms with Crippen molar-refractivity contribution in [2.75, 3.05) is 4.90 Å². The van der Waals surface area contributed by atoms with E-state index in [2.05, 4.69) is 229 Å². The highest BCUT2D eigenvalue weighted by atomic mass is 16.3. The van der Waals surface area contributed by atoms with E-state index in [1.807, 2.05) is 12.1 Å². The van der Waals surface area contributed by atoms with Crippen LogP contribution in [-0.4, -0.2) is 0 Å². The molecule has 0 radical (unpaired) electrons. The fourth-order valence-corrected chi connectivity index (χ4v) is 9.86. The quantitative estimate of drug-likeness (QED) is 0.160. The van der Waals surface area contributed by atoms with Crippen LogP contribution in [0.3, 0.4) is 0 Å². The van der Waals surface area contributed by atoms with Crippen molar-refractivity contribution in [3.63, 3.8) is 0 Å². The number of para-hydroxylation sites is 3. The summed E-state index contributed by atoms with van der Waals surface area (Å²) in [5.74, 6) is 0. The van der Waals surface area contributed by atoms with Gasteiger partial charge >= 0.3 is 0 Å². The molecule has 0 spiro atoms. The minimum atomic E-state index is 0.879. The molecule has 3 heteroatoms. The third-order valence-electron chi connectivity index (χ3n) is 13.1. The van der Waals surface area contributed by atoms with E-state index >= 15 is 0 Å². The van der Waals surface area contributed by atoms with E-state index in [1.165, 1.54) is 38.2 Å². The zero-order valence-corrected chi connectivity index (χ0v) is 35.3. The Bertz CT molecular complexity index is 3930. The molecule has 0 atom stereocenters. The van der Waals surface area contributed by atoms with Gasteiger partial charge in [0.15, 0.2) is 0 Å². The number of nitrogens with zero attached hydrogens (tertiary/aromatic N) is 1. The Balaban J connectivity index is 0.916. The first-order valence-corrected chi connectivity index (χ1v) is 22.1. The second-order valence-electron chi connectivity index (χ2n) is 16.8. The van der Waals surface area contributed by atoms with Crippen molar-refractivity contribution in [1.29, 1.82) is 0 Å². The van der Waals surface area contributed by atoms with Crippen molar-refractivity contribution in [1.82, 2.24) is 0 Å². The minimum Gasteiger partial charge on any atom is -0.456 e. The average molecular weight is 830 g/mol. The maximum Gasteiger partial charge on any atom is 0.143 e. The summed E-state index contributed by atoms with van der Waals surface area (Å²) in [5, 5.41) is 9.35. The van der Waals surface area contributed by atoms with Gasteiger partial charge in [-0.1, -0.05) is 176 Å². The van der Waals surface area contributed by atoms with Gasteiger partial charge in [0.25, 0.3) is 0 Å². The van der Waals surface area contributed by atoms with E-state index in [1.54, 1.807) is 0 Å². The lowest BCUT2D eigenvalue weighted by Gasteiger charge is -2.28. The highest BCUT2D eigenvalue weighted by Gasteiger charge is 2.20. The molecule has 0 unspecified atom stereocenters. The van der Waals surface area contributed by atoms with Gasteiger partial charge in [-0.2, -0.15) is 0 Å². The summed E-state index contributed by atoms with van der Waals surface area (Å²) < 4.78 is 12.9. The number of fused-ring (bicyclic) bond motifs is 8. The number of hydrogen-bond donors (Lipinski definition) is 0. The predicted octanol–water partition coefficient (Wildman–Crippen LogP) is 17.9. The minimum absolute atomic E-state index is 0.879. The topological polar surface area (TPSA) is 29.5 Å². The van der Waals surface area contributed by atoms with Crippen LogP contribution in [0.5, 0.6) is 0 Å². The van der Waals surface area contributed by atoms with E-state index < -0.39 is 0 Å². The third kappa shape index (κ3) is 6.28. The van der Waals surface area contributed by atoms with Gasteiger partial charge in [0, 0.05) is 44.0 Å². The van der Waals surface area contributed by atoms with Crippen molar-refractivity contribution in [2.24, 2.45) is 0 Å². The SMILES string of the molecule is c1ccc(N(c2ccc(-c3ccc(-c4cccc5ccccc45)cc3)cc2)c2ccc(-c3cccc4c3oc3ccccc34)cc2)c(-c2ccc3oc4cc5ccccc5cc4c3c2)c1. The molecular formula is C62H39NO2. The summed E-state index contributed by atoms with van der Waals surface area (Å²) in [5.41, 5.74) is 15.9. The highest BCUT2D eigenvalue weighted by molar-refractivity contribution is 6.12. The van der Waals surface area contributed by atoms with Gasteiger partial charge in [-0.05, 0) is 116 Å². The lowest BCUT2D eigenvalue weighted by atomic mass is 9.96. The van der Waals surface area contributed by atoms with Crippen LogP contribution in [0.2, 0.25) is 0 Å². The fourth-order valence-electron chi connectivity index (χ4n) is 9.86. The molecular weight excluding hydrogens is 791 g/mol. The Hall–Kier alpha value is -8.66. The molecule has 3 nitrogen and oxygen atoms in total. The molecule has 0 fully saturated rings. The van der Waals surface area contributed by atoms with Gasteiger partial charge in [-0.3, -0.25) is 0 Å². The normalized spacial score (nSPS) is 11.7. The number of anilines is 3. The van der Waals surface area contributed by atoms with Crippen LogP contribution in [0.15, 0.2) is 245 Å². The van der Waals surface area contributed by atoms with Gasteiger partial charge in [-0.25, -0.2) is 0 Å². The fraction of sp³-hybridized carbons (Fsp3) is 0. The molecule has 11 aromatic carbocycles. The molecule has 0 saturated heterocycles. The van der Waals surface area contributed by atoms with Crippen molar-refractivity contribution < 1.29 is 8.83 Å². The lowest BCUT2D eigenvalue weighted by molar-refractivity contribution is 0.669. The molecule has 0 amide bonds. The smallest absolute Gasteiger partial charge is 0.143 e. The zero-order chi connectivity index (χ0) is 42.8.